The van der Waals surface area contributed by atoms with Gasteiger partial charge in [-0.25, -0.2) is 4.98 Å². The molecule has 24 heavy (non-hydrogen) atoms. The Balaban J connectivity index is 1.58. The van der Waals surface area contributed by atoms with Gasteiger partial charge in [-0.3, -0.25) is 4.21 Å². The van der Waals surface area contributed by atoms with Crippen LogP contribution in [-0.2, 0) is 17.2 Å². The summed E-state index contributed by atoms with van der Waals surface area (Å²) in [7, 11) is -0.922. The minimum Gasteiger partial charge on any atom is -0.310 e. The van der Waals surface area contributed by atoms with Gasteiger partial charge < -0.3 is 9.72 Å². The Morgan fingerprint density at radius 3 is 2.67 bits per heavy atom. The van der Waals surface area contributed by atoms with Gasteiger partial charge in [-0.05, 0) is 43.2 Å². The standard InChI is InChI=1S/C19H23N3OS/c1-14-5-4-12-22-13-17(21-19(14)22)10-11-20-15(2)16-6-8-18(9-7-16)24(3)23/h4-9,12-13,15,20H,10-11H2,1-3H3/t15-,24+/m0/s1. The molecule has 0 aliphatic rings. The summed E-state index contributed by atoms with van der Waals surface area (Å²) in [6, 6.07) is 12.3. The molecule has 0 aliphatic heterocycles. The lowest BCUT2D eigenvalue weighted by Gasteiger charge is -2.14. The summed E-state index contributed by atoms with van der Waals surface area (Å²) >= 11 is 0. The van der Waals surface area contributed by atoms with E-state index in [2.05, 4.69) is 35.8 Å². The third-order valence-electron chi connectivity index (χ3n) is 4.27. The van der Waals surface area contributed by atoms with Gasteiger partial charge in [-0.15, -0.1) is 0 Å². The average molecular weight is 341 g/mol. The number of hydrogen-bond donors (Lipinski definition) is 1. The second kappa shape index (κ2) is 7.28. The normalized spacial score (nSPS) is 14.0. The maximum Gasteiger partial charge on any atom is 0.139 e. The molecule has 0 unspecified atom stereocenters. The van der Waals surface area contributed by atoms with E-state index in [1.54, 1.807) is 6.26 Å². The van der Waals surface area contributed by atoms with Crippen molar-refractivity contribution in [3.63, 3.8) is 0 Å². The van der Waals surface area contributed by atoms with E-state index < -0.39 is 10.8 Å². The molecule has 3 rings (SSSR count). The van der Waals surface area contributed by atoms with Gasteiger partial charge >= 0.3 is 0 Å². The molecule has 0 saturated heterocycles. The Hall–Kier alpha value is -1.98. The molecule has 4 nitrogen and oxygen atoms in total. The van der Waals surface area contributed by atoms with Gasteiger partial charge in [-0.1, -0.05) is 18.2 Å². The molecule has 2 aromatic heterocycles. The average Bonchev–Trinajstić information content (AvgIpc) is 2.99. The lowest BCUT2D eigenvalue weighted by Crippen LogP contribution is -2.21. The molecule has 0 aliphatic carbocycles. The third-order valence-corrected chi connectivity index (χ3v) is 5.21. The number of fused-ring (bicyclic) bond motifs is 1. The van der Waals surface area contributed by atoms with Crippen molar-refractivity contribution < 1.29 is 4.21 Å². The van der Waals surface area contributed by atoms with Crippen LogP contribution in [0.25, 0.3) is 5.65 Å². The summed E-state index contributed by atoms with van der Waals surface area (Å²) in [5.41, 5.74) is 4.53. The van der Waals surface area contributed by atoms with Crippen molar-refractivity contribution in [1.29, 1.82) is 0 Å². The van der Waals surface area contributed by atoms with E-state index in [1.165, 1.54) is 11.1 Å². The Kier molecular flexibility index (Phi) is 5.11. The summed E-state index contributed by atoms with van der Waals surface area (Å²) in [6.45, 7) is 5.09. The first-order valence-corrected chi connectivity index (χ1v) is 9.70. The Morgan fingerprint density at radius 1 is 1.25 bits per heavy atom. The quantitative estimate of drug-likeness (QED) is 0.748. The molecule has 0 amide bonds. The number of benzene rings is 1. The summed E-state index contributed by atoms with van der Waals surface area (Å²) in [5, 5.41) is 3.53. The number of imidazole rings is 1. The first kappa shape index (κ1) is 16.9. The maximum atomic E-state index is 11.4. The molecule has 0 radical (unpaired) electrons. The Labute approximate surface area is 145 Å². The van der Waals surface area contributed by atoms with Crippen molar-refractivity contribution in [3.8, 4) is 0 Å². The second-order valence-electron chi connectivity index (χ2n) is 6.10. The zero-order valence-corrected chi connectivity index (χ0v) is 15.1. The fraction of sp³-hybridized carbons (Fsp3) is 0.316. The molecular weight excluding hydrogens is 318 g/mol. The van der Waals surface area contributed by atoms with Crippen LogP contribution >= 0.6 is 0 Å². The van der Waals surface area contributed by atoms with Gasteiger partial charge in [0.2, 0.25) is 0 Å². The Bertz CT molecular complexity index is 855. The minimum atomic E-state index is -0.922. The molecule has 0 bridgehead atoms. The lowest BCUT2D eigenvalue weighted by molar-refractivity contribution is 0.574. The molecule has 3 aromatic rings. The summed E-state index contributed by atoms with van der Waals surface area (Å²) in [5.74, 6) is 0. The van der Waals surface area contributed by atoms with Gasteiger partial charge in [0.15, 0.2) is 0 Å². The van der Waals surface area contributed by atoms with E-state index in [4.69, 9.17) is 4.98 Å². The van der Waals surface area contributed by atoms with Crippen molar-refractivity contribution in [1.82, 2.24) is 14.7 Å². The van der Waals surface area contributed by atoms with Gasteiger partial charge in [0, 0.05) is 53.4 Å². The predicted molar refractivity (Wildman–Crippen MR) is 98.8 cm³/mol. The zero-order chi connectivity index (χ0) is 17.1. The molecule has 2 atom stereocenters. The number of aromatic nitrogens is 2. The molecule has 5 heteroatoms. The third kappa shape index (κ3) is 3.74. The van der Waals surface area contributed by atoms with Crippen LogP contribution in [0.1, 0.15) is 29.8 Å². The number of rotatable bonds is 6. The fourth-order valence-electron chi connectivity index (χ4n) is 2.81. The van der Waals surface area contributed by atoms with Crippen LogP contribution in [0.2, 0.25) is 0 Å². The van der Waals surface area contributed by atoms with E-state index in [0.717, 1.165) is 29.2 Å². The molecule has 1 N–H and O–H groups in total. The number of aryl methyl sites for hydroxylation is 1. The molecule has 0 saturated carbocycles. The number of hydrogen-bond acceptors (Lipinski definition) is 3. The van der Waals surface area contributed by atoms with Crippen LogP contribution in [0.15, 0.2) is 53.7 Å². The zero-order valence-electron chi connectivity index (χ0n) is 14.3. The van der Waals surface area contributed by atoms with Crippen molar-refractivity contribution >= 4 is 16.4 Å². The van der Waals surface area contributed by atoms with Gasteiger partial charge in [0.1, 0.15) is 5.65 Å². The van der Waals surface area contributed by atoms with Crippen LogP contribution in [0, 0.1) is 6.92 Å². The predicted octanol–water partition coefficient (Wildman–Crippen LogP) is 3.27. The monoisotopic (exact) mass is 341 g/mol. The van der Waals surface area contributed by atoms with Crippen LogP contribution in [0.5, 0.6) is 0 Å². The highest BCUT2D eigenvalue weighted by Crippen LogP contribution is 2.15. The van der Waals surface area contributed by atoms with Gasteiger partial charge in [-0.2, -0.15) is 0 Å². The highest BCUT2D eigenvalue weighted by molar-refractivity contribution is 7.84. The molecule has 1 aromatic carbocycles. The molecule has 0 spiro atoms. The van der Waals surface area contributed by atoms with Crippen LogP contribution in [0.3, 0.4) is 0 Å². The van der Waals surface area contributed by atoms with Crippen LogP contribution in [-0.4, -0.2) is 26.4 Å². The summed E-state index contributed by atoms with van der Waals surface area (Å²) in [4.78, 5) is 5.57. The largest absolute Gasteiger partial charge is 0.310 e. The molecular formula is C19H23N3OS. The summed E-state index contributed by atoms with van der Waals surface area (Å²) in [6.07, 6.45) is 6.73. The molecule has 126 valence electrons. The second-order valence-corrected chi connectivity index (χ2v) is 7.48. The van der Waals surface area contributed by atoms with Crippen molar-refractivity contribution in [2.45, 2.75) is 31.2 Å². The SMILES string of the molecule is Cc1cccn2cc(CCN[C@@H](C)c3ccc([S@@](C)=O)cc3)nc12. The molecule has 0 fully saturated rings. The van der Waals surface area contributed by atoms with Crippen LogP contribution in [0.4, 0.5) is 0 Å². The van der Waals surface area contributed by atoms with E-state index in [9.17, 15) is 4.21 Å². The van der Waals surface area contributed by atoms with Crippen molar-refractivity contribution in [2.75, 3.05) is 12.8 Å². The molecule has 2 heterocycles. The first-order valence-electron chi connectivity index (χ1n) is 8.14. The van der Waals surface area contributed by atoms with Gasteiger partial charge in [0.05, 0.1) is 5.69 Å². The summed E-state index contributed by atoms with van der Waals surface area (Å²) < 4.78 is 13.5. The van der Waals surface area contributed by atoms with Crippen LogP contribution < -0.4 is 5.32 Å². The highest BCUT2D eigenvalue weighted by Gasteiger charge is 2.07. The van der Waals surface area contributed by atoms with E-state index in [-0.39, 0.29) is 6.04 Å². The fourth-order valence-corrected chi connectivity index (χ4v) is 3.33. The van der Waals surface area contributed by atoms with E-state index >= 15 is 0 Å². The maximum absolute atomic E-state index is 11.4. The van der Waals surface area contributed by atoms with Gasteiger partial charge in [0.25, 0.3) is 0 Å². The number of nitrogens with one attached hydrogen (secondary N) is 1. The number of nitrogens with zero attached hydrogens (tertiary/aromatic N) is 2. The lowest BCUT2D eigenvalue weighted by atomic mass is 10.1. The topological polar surface area (TPSA) is 46.4 Å². The number of pyridine rings is 1. The highest BCUT2D eigenvalue weighted by atomic mass is 32.2. The van der Waals surface area contributed by atoms with E-state index in [0.29, 0.717) is 0 Å². The minimum absolute atomic E-state index is 0.253. The van der Waals surface area contributed by atoms with Crippen molar-refractivity contribution in [2.24, 2.45) is 0 Å². The smallest absolute Gasteiger partial charge is 0.139 e. The Morgan fingerprint density at radius 2 is 2.00 bits per heavy atom. The van der Waals surface area contributed by atoms with E-state index in [1.807, 2.05) is 36.5 Å². The first-order chi connectivity index (χ1) is 11.5. The van der Waals surface area contributed by atoms with Crippen molar-refractivity contribution in [3.05, 3.63) is 65.6 Å².